The normalized spacial score (nSPS) is 12.0. The van der Waals surface area contributed by atoms with Gasteiger partial charge in [0.05, 0.1) is 0 Å². The molecule has 19 heavy (non-hydrogen) atoms. The van der Waals surface area contributed by atoms with E-state index in [1.807, 2.05) is 0 Å². The van der Waals surface area contributed by atoms with Crippen LogP contribution in [-0.4, -0.2) is 0 Å². The number of rotatable bonds is 2. The minimum absolute atomic E-state index is 0.972. The molecule has 0 aliphatic heterocycles. The number of hydrogen-bond donors (Lipinski definition) is 0. The number of hydrogen-bond acceptors (Lipinski definition) is 0. The predicted molar refractivity (Wildman–Crippen MR) is 79.7 cm³/mol. The Hall–Kier alpha value is -0.370. The molecule has 3 heteroatoms. The molecule has 0 unspecified atom stereocenters. The zero-order valence-corrected chi connectivity index (χ0v) is 15.4. The summed E-state index contributed by atoms with van der Waals surface area (Å²) >= 11 is -0.972. The van der Waals surface area contributed by atoms with E-state index < -0.39 is 20.5 Å². The fraction of sp³-hybridized carbons (Fsp3) is 0.0625. The molecule has 0 nitrogen and oxygen atoms in total. The molecule has 1 radical (unpaired) electrons. The summed E-state index contributed by atoms with van der Waals surface area (Å²) < 4.78 is 0. The number of benzene rings is 2. The van der Waals surface area contributed by atoms with Gasteiger partial charge in [0.1, 0.15) is 0 Å². The van der Waals surface area contributed by atoms with Gasteiger partial charge in [0.25, 0.3) is 0 Å². The molecule has 1 aliphatic rings. The van der Waals surface area contributed by atoms with Crippen LogP contribution in [0.1, 0.15) is 16.7 Å². The fourth-order valence-corrected chi connectivity index (χ4v) is 2.15. The Labute approximate surface area is 133 Å². The summed E-state index contributed by atoms with van der Waals surface area (Å²) in [5.74, 6) is 0. The number of halogens is 2. The van der Waals surface area contributed by atoms with Gasteiger partial charge in [-0.05, 0) is 23.1 Å². The van der Waals surface area contributed by atoms with Gasteiger partial charge < -0.3 is 0 Å². The van der Waals surface area contributed by atoms with E-state index in [4.69, 9.17) is 17.2 Å². The van der Waals surface area contributed by atoms with E-state index in [0.717, 1.165) is 6.42 Å². The fourth-order valence-electron chi connectivity index (χ4n) is 2.15. The first kappa shape index (κ1) is 15.0. The van der Waals surface area contributed by atoms with Crippen LogP contribution in [0.25, 0.3) is 6.08 Å². The third-order valence-corrected chi connectivity index (χ3v) is 2.93. The van der Waals surface area contributed by atoms with Gasteiger partial charge in [-0.2, -0.15) is 0 Å². The summed E-state index contributed by atoms with van der Waals surface area (Å²) in [5, 5.41) is 0. The molecule has 0 fully saturated rings. The van der Waals surface area contributed by atoms with Gasteiger partial charge in [-0.3, -0.25) is 0 Å². The van der Waals surface area contributed by atoms with E-state index in [1.54, 1.807) is 0 Å². The quantitative estimate of drug-likeness (QED) is 0.544. The molecular formula is C16H13Cl2Hf. The van der Waals surface area contributed by atoms with Crippen molar-refractivity contribution in [3.8, 4) is 0 Å². The van der Waals surface area contributed by atoms with E-state index in [9.17, 15) is 0 Å². The second kappa shape index (κ2) is 8.04. The maximum absolute atomic E-state index is 4.96. The molecule has 2 aromatic rings. The van der Waals surface area contributed by atoms with Crippen LogP contribution >= 0.6 is 17.2 Å². The molecule has 0 atom stereocenters. The maximum atomic E-state index is 4.96. The molecule has 2 aromatic carbocycles. The first-order valence-electron chi connectivity index (χ1n) is 5.98. The molecule has 95 valence electrons. The van der Waals surface area contributed by atoms with Crippen LogP contribution < -0.4 is 0 Å². The van der Waals surface area contributed by atoms with Crippen molar-refractivity contribution in [2.24, 2.45) is 0 Å². The molecule has 0 spiro atoms. The molecule has 0 amide bonds. The van der Waals surface area contributed by atoms with E-state index >= 15 is 0 Å². The summed E-state index contributed by atoms with van der Waals surface area (Å²) in [6.07, 6.45) is 5.58. The van der Waals surface area contributed by atoms with Crippen LogP contribution in [0.2, 0.25) is 0 Å². The zero-order valence-electron chi connectivity index (χ0n) is 10.3. The standard InChI is InChI=1S/C16H13.2ClH.Hf/c1-2-6-13(7-3-1)10-14-11-15-8-4-5-9-16(15)12-14;;;/h1-9,11-12H,10H2;2*1H;/q;;;+2/p-2. The Kier molecular flexibility index (Phi) is 6.36. The molecule has 0 bridgehead atoms. The Morgan fingerprint density at radius 3 is 2.00 bits per heavy atom. The Morgan fingerprint density at radius 1 is 0.789 bits per heavy atom. The monoisotopic (exact) mass is 455 g/mol. The molecule has 3 rings (SSSR count). The van der Waals surface area contributed by atoms with Crippen molar-refractivity contribution in [1.29, 1.82) is 0 Å². The van der Waals surface area contributed by atoms with Crippen LogP contribution in [-0.2, 0) is 27.0 Å². The molecule has 0 saturated carbocycles. The van der Waals surface area contributed by atoms with E-state index in [2.05, 4.69) is 67.1 Å². The summed E-state index contributed by atoms with van der Waals surface area (Å²) in [6.45, 7) is 0. The van der Waals surface area contributed by atoms with Crippen molar-refractivity contribution < 1.29 is 20.5 Å². The van der Waals surface area contributed by atoms with Crippen LogP contribution in [0.15, 0.2) is 60.2 Å². The molecule has 1 aliphatic carbocycles. The second-order valence-electron chi connectivity index (χ2n) is 4.23. The number of fused-ring (bicyclic) bond motifs is 1. The van der Waals surface area contributed by atoms with Crippen molar-refractivity contribution >= 4 is 23.2 Å². The molecule has 0 N–H and O–H groups in total. The zero-order chi connectivity index (χ0) is 13.5. The summed E-state index contributed by atoms with van der Waals surface area (Å²) in [6, 6.07) is 19.1. The average molecular weight is 455 g/mol. The van der Waals surface area contributed by atoms with Gasteiger partial charge in [0.2, 0.25) is 0 Å². The van der Waals surface area contributed by atoms with Gasteiger partial charge in [0, 0.05) is 6.42 Å². The predicted octanol–water partition coefficient (Wildman–Crippen LogP) is 5.26. The molecule has 0 aromatic heterocycles. The van der Waals surface area contributed by atoms with Gasteiger partial charge >= 0.3 is 37.7 Å². The third-order valence-electron chi connectivity index (χ3n) is 2.93. The van der Waals surface area contributed by atoms with Crippen molar-refractivity contribution in [2.75, 3.05) is 0 Å². The Bertz CT molecular complexity index is 550. The minimum atomic E-state index is -0.972. The van der Waals surface area contributed by atoms with Crippen LogP contribution in [0.5, 0.6) is 0 Å². The van der Waals surface area contributed by atoms with Gasteiger partial charge in [-0.25, -0.2) is 0 Å². The van der Waals surface area contributed by atoms with Gasteiger partial charge in [-0.1, -0.05) is 66.2 Å². The van der Waals surface area contributed by atoms with Crippen LogP contribution in [0, 0.1) is 6.42 Å². The van der Waals surface area contributed by atoms with Crippen LogP contribution in [0.3, 0.4) is 0 Å². The van der Waals surface area contributed by atoms with Gasteiger partial charge in [-0.15, -0.1) is 0 Å². The van der Waals surface area contributed by atoms with Crippen molar-refractivity contribution in [1.82, 2.24) is 0 Å². The first-order valence-corrected chi connectivity index (χ1v) is 14.9. The van der Waals surface area contributed by atoms with E-state index in [0.29, 0.717) is 0 Å². The number of allylic oxidation sites excluding steroid dienone is 1. The molecule has 0 heterocycles. The van der Waals surface area contributed by atoms with E-state index in [-0.39, 0.29) is 0 Å². The van der Waals surface area contributed by atoms with Gasteiger partial charge in [0.15, 0.2) is 0 Å². The second-order valence-corrected chi connectivity index (χ2v) is 9.42. The molecular weight excluding hydrogens is 442 g/mol. The van der Waals surface area contributed by atoms with Crippen molar-refractivity contribution in [3.63, 3.8) is 0 Å². The Balaban J connectivity index is 0.000000408. The Morgan fingerprint density at radius 2 is 1.37 bits per heavy atom. The van der Waals surface area contributed by atoms with Crippen molar-refractivity contribution in [2.45, 2.75) is 6.42 Å². The average Bonchev–Trinajstić information content (AvgIpc) is 2.83. The van der Waals surface area contributed by atoms with E-state index in [1.165, 1.54) is 22.3 Å². The third kappa shape index (κ3) is 4.59. The molecule has 0 saturated heterocycles. The summed E-state index contributed by atoms with van der Waals surface area (Å²) in [4.78, 5) is 0. The first-order chi connectivity index (χ1) is 9.33. The summed E-state index contributed by atoms with van der Waals surface area (Å²) in [5.41, 5.74) is 5.45. The SMILES string of the molecule is [CH]1C(Cc2ccccc2)=Cc2ccccc21.[Cl][Hf][Cl]. The topological polar surface area (TPSA) is 0 Å². The summed E-state index contributed by atoms with van der Waals surface area (Å²) in [7, 11) is 9.92. The van der Waals surface area contributed by atoms with Crippen LogP contribution in [0.4, 0.5) is 0 Å². The van der Waals surface area contributed by atoms with Crippen molar-refractivity contribution in [3.05, 3.63) is 83.3 Å².